The van der Waals surface area contributed by atoms with Crippen molar-refractivity contribution >= 4 is 29.7 Å². The highest BCUT2D eigenvalue weighted by Crippen LogP contribution is 2.40. The third kappa shape index (κ3) is 6.89. The molecule has 40 heavy (non-hydrogen) atoms. The van der Waals surface area contributed by atoms with Gasteiger partial charge in [0, 0.05) is 38.0 Å². The lowest BCUT2D eigenvalue weighted by molar-refractivity contribution is -0.162. The Bertz CT molecular complexity index is 1280. The standard InChI is InChI=1S/C30H36ClN5O4/c1-2-35(15-5-17-40-26-6-3-4-16-39-26)30(38)27-28(33-20-37)34-29(24-13-14-25(31)32-18-24)36(27)19-21-7-9-22(10-8-21)23-11-12-23/h7-10,13-14,18,20,23,26H,2-6,11-12,15-17,19H2,1H3,(H,33,37). The fraction of sp³-hybridized carbons (Fsp3) is 0.467. The molecule has 1 aliphatic heterocycles. The minimum absolute atomic E-state index is 0.161. The Labute approximate surface area is 239 Å². The molecule has 0 spiro atoms. The maximum absolute atomic E-state index is 14.0. The van der Waals surface area contributed by atoms with Gasteiger partial charge in [-0.15, -0.1) is 0 Å². The van der Waals surface area contributed by atoms with E-state index >= 15 is 0 Å². The molecule has 1 unspecified atom stereocenters. The van der Waals surface area contributed by atoms with Gasteiger partial charge in [0.25, 0.3) is 5.91 Å². The molecule has 5 rings (SSSR count). The van der Waals surface area contributed by atoms with Gasteiger partial charge < -0.3 is 24.3 Å². The Hall–Kier alpha value is -3.27. The second-order valence-corrected chi connectivity index (χ2v) is 10.7. The van der Waals surface area contributed by atoms with E-state index in [0.29, 0.717) is 67.2 Å². The molecule has 0 bridgehead atoms. The molecule has 1 N–H and O–H groups in total. The number of anilines is 1. The van der Waals surface area contributed by atoms with Gasteiger partial charge in [-0.2, -0.15) is 0 Å². The van der Waals surface area contributed by atoms with Gasteiger partial charge in [0.2, 0.25) is 6.41 Å². The monoisotopic (exact) mass is 565 g/mol. The van der Waals surface area contributed by atoms with Crippen LogP contribution in [0.2, 0.25) is 5.15 Å². The molecule has 10 heteroatoms. The van der Waals surface area contributed by atoms with E-state index in [0.717, 1.165) is 31.4 Å². The van der Waals surface area contributed by atoms with E-state index in [1.165, 1.54) is 18.4 Å². The van der Waals surface area contributed by atoms with Crippen molar-refractivity contribution in [2.45, 2.75) is 64.2 Å². The maximum atomic E-state index is 14.0. The first-order chi connectivity index (χ1) is 19.6. The summed E-state index contributed by atoms with van der Waals surface area (Å²) in [6.07, 6.45) is 8.23. The van der Waals surface area contributed by atoms with Gasteiger partial charge in [-0.05, 0) is 74.6 Å². The molecule has 2 amide bonds. The highest BCUT2D eigenvalue weighted by molar-refractivity contribution is 6.29. The topological polar surface area (TPSA) is 98.6 Å². The molecule has 1 aromatic carbocycles. The summed E-state index contributed by atoms with van der Waals surface area (Å²) in [7, 11) is 0. The number of halogens is 1. The molecule has 1 aliphatic carbocycles. The average molecular weight is 566 g/mol. The number of hydrogen-bond donors (Lipinski definition) is 1. The molecule has 212 valence electrons. The molecule has 2 fully saturated rings. The van der Waals surface area contributed by atoms with Gasteiger partial charge >= 0.3 is 0 Å². The van der Waals surface area contributed by atoms with Gasteiger partial charge in [-0.25, -0.2) is 9.97 Å². The SMILES string of the molecule is CCN(CCCOC1CCCCO1)C(=O)c1c(NC=O)nc(-c2ccc(Cl)nc2)n1Cc1ccc(C2CC2)cc1. The number of benzene rings is 1. The molecule has 1 saturated heterocycles. The van der Waals surface area contributed by atoms with Crippen LogP contribution in [0.3, 0.4) is 0 Å². The van der Waals surface area contributed by atoms with Gasteiger partial charge in [-0.1, -0.05) is 35.9 Å². The minimum atomic E-state index is -0.212. The van der Waals surface area contributed by atoms with Gasteiger partial charge in [0.15, 0.2) is 17.8 Å². The second kappa shape index (κ2) is 13.4. The van der Waals surface area contributed by atoms with Crippen LogP contribution in [0.1, 0.15) is 73.0 Å². The molecule has 2 aromatic heterocycles. The predicted octanol–water partition coefficient (Wildman–Crippen LogP) is 5.49. The van der Waals surface area contributed by atoms with E-state index in [2.05, 4.69) is 34.6 Å². The first-order valence-corrected chi connectivity index (χ1v) is 14.5. The van der Waals surface area contributed by atoms with Crippen molar-refractivity contribution in [3.05, 3.63) is 64.6 Å². The lowest BCUT2D eigenvalue weighted by atomic mass is 10.1. The lowest BCUT2D eigenvalue weighted by Gasteiger charge is -2.25. The summed E-state index contributed by atoms with van der Waals surface area (Å²) >= 11 is 6.05. The minimum Gasteiger partial charge on any atom is -0.353 e. The van der Waals surface area contributed by atoms with E-state index in [1.54, 1.807) is 17.2 Å². The van der Waals surface area contributed by atoms with Gasteiger partial charge in [0.1, 0.15) is 11.0 Å². The summed E-state index contributed by atoms with van der Waals surface area (Å²) in [4.78, 5) is 36.3. The van der Waals surface area contributed by atoms with Crippen LogP contribution in [-0.4, -0.2) is 64.3 Å². The molecule has 1 saturated carbocycles. The Morgan fingerprint density at radius 1 is 1.20 bits per heavy atom. The smallest absolute Gasteiger partial charge is 0.274 e. The number of pyridine rings is 1. The number of nitrogens with one attached hydrogen (secondary N) is 1. The Morgan fingerprint density at radius 2 is 2.02 bits per heavy atom. The first-order valence-electron chi connectivity index (χ1n) is 14.1. The summed E-state index contributed by atoms with van der Waals surface area (Å²) in [5.41, 5.74) is 3.38. The van der Waals surface area contributed by atoms with Crippen LogP contribution in [0.15, 0.2) is 42.6 Å². The number of amides is 2. The van der Waals surface area contributed by atoms with E-state index in [-0.39, 0.29) is 18.0 Å². The molecule has 3 heterocycles. The molecule has 9 nitrogen and oxygen atoms in total. The van der Waals surface area contributed by atoms with Crippen molar-refractivity contribution in [3.63, 3.8) is 0 Å². The van der Waals surface area contributed by atoms with Crippen molar-refractivity contribution in [1.82, 2.24) is 19.4 Å². The largest absolute Gasteiger partial charge is 0.353 e. The van der Waals surface area contributed by atoms with Crippen LogP contribution in [0.5, 0.6) is 0 Å². The molecule has 2 aliphatic rings. The summed E-state index contributed by atoms with van der Waals surface area (Å²) < 4.78 is 13.4. The average Bonchev–Trinajstić information content (AvgIpc) is 3.77. The Morgan fingerprint density at radius 3 is 2.67 bits per heavy atom. The van der Waals surface area contributed by atoms with Crippen LogP contribution in [0.25, 0.3) is 11.4 Å². The quantitative estimate of drug-likeness (QED) is 0.167. The summed E-state index contributed by atoms with van der Waals surface area (Å²) in [5, 5.41) is 3.02. The van der Waals surface area contributed by atoms with Crippen molar-refractivity contribution in [3.8, 4) is 11.4 Å². The lowest BCUT2D eigenvalue weighted by Crippen LogP contribution is -2.35. The van der Waals surface area contributed by atoms with E-state index in [9.17, 15) is 9.59 Å². The molecular weight excluding hydrogens is 530 g/mol. The van der Waals surface area contributed by atoms with E-state index < -0.39 is 0 Å². The highest BCUT2D eigenvalue weighted by atomic mass is 35.5. The summed E-state index contributed by atoms with van der Waals surface area (Å²) in [5.74, 6) is 1.18. The number of aromatic nitrogens is 3. The number of nitrogens with zero attached hydrogens (tertiary/aromatic N) is 4. The molecule has 3 aromatic rings. The zero-order valence-corrected chi connectivity index (χ0v) is 23.6. The first kappa shape index (κ1) is 28.3. The molecule has 1 atom stereocenters. The van der Waals surface area contributed by atoms with Crippen molar-refractivity contribution in [2.24, 2.45) is 0 Å². The van der Waals surface area contributed by atoms with Crippen LogP contribution < -0.4 is 5.32 Å². The number of hydrogen-bond acceptors (Lipinski definition) is 6. The second-order valence-electron chi connectivity index (χ2n) is 10.3. The van der Waals surface area contributed by atoms with E-state index in [1.807, 2.05) is 17.6 Å². The third-order valence-electron chi connectivity index (χ3n) is 7.40. The van der Waals surface area contributed by atoms with E-state index in [4.69, 9.17) is 26.1 Å². The highest BCUT2D eigenvalue weighted by Gasteiger charge is 2.28. The number of rotatable bonds is 13. The van der Waals surface area contributed by atoms with Crippen molar-refractivity contribution in [2.75, 3.05) is 31.6 Å². The van der Waals surface area contributed by atoms with Crippen LogP contribution >= 0.6 is 11.6 Å². The van der Waals surface area contributed by atoms with Gasteiger partial charge in [-0.3, -0.25) is 9.59 Å². The zero-order chi connectivity index (χ0) is 27.9. The van der Waals surface area contributed by atoms with Crippen LogP contribution in [-0.2, 0) is 20.8 Å². The van der Waals surface area contributed by atoms with Gasteiger partial charge in [0.05, 0.1) is 6.61 Å². The fourth-order valence-corrected chi connectivity index (χ4v) is 5.18. The molecular formula is C30H36ClN5O4. The Balaban J connectivity index is 1.42. The van der Waals surface area contributed by atoms with Crippen LogP contribution in [0, 0.1) is 0 Å². The number of ether oxygens (including phenoxy) is 2. The maximum Gasteiger partial charge on any atom is 0.274 e. The van der Waals surface area contributed by atoms with Crippen molar-refractivity contribution in [1.29, 1.82) is 0 Å². The predicted molar refractivity (Wildman–Crippen MR) is 153 cm³/mol. The summed E-state index contributed by atoms with van der Waals surface area (Å²) in [6, 6.07) is 12.0. The molecule has 0 radical (unpaired) electrons. The van der Waals surface area contributed by atoms with Crippen LogP contribution in [0.4, 0.5) is 5.82 Å². The zero-order valence-electron chi connectivity index (χ0n) is 22.9. The number of carbonyl (C=O) groups excluding carboxylic acids is 2. The number of carbonyl (C=O) groups is 2. The third-order valence-corrected chi connectivity index (χ3v) is 7.63. The van der Waals surface area contributed by atoms with Crippen molar-refractivity contribution < 1.29 is 19.1 Å². The normalized spacial score (nSPS) is 17.0. The fourth-order valence-electron chi connectivity index (χ4n) is 5.07. The Kier molecular flexibility index (Phi) is 9.46. The summed E-state index contributed by atoms with van der Waals surface area (Å²) in [6.45, 7) is 4.58. The number of imidazole rings is 1.